The molecule has 1 aromatic heterocycles. The molecule has 1 aromatic carbocycles. The Morgan fingerprint density at radius 1 is 1.29 bits per heavy atom. The maximum atomic E-state index is 11.4. The van der Waals surface area contributed by atoms with Crippen LogP contribution in [0.4, 0.5) is 5.82 Å². The standard InChI is InChI=1S/C19H20N4O/c1-13-5-6-14-10-15(11-16(12-20)18(21)24)19(22-17(14)9-13)23-7-3-2-4-8-23/h5-6,9-11H,2-4,7-8H2,1H3,(H2,21,24)/p+1/b16-11+. The van der Waals surface area contributed by atoms with E-state index in [-0.39, 0.29) is 5.57 Å². The summed E-state index contributed by atoms with van der Waals surface area (Å²) in [6.07, 6.45) is 5.11. The van der Waals surface area contributed by atoms with Crippen LogP contribution >= 0.6 is 0 Å². The second kappa shape index (κ2) is 6.71. The zero-order valence-corrected chi connectivity index (χ0v) is 13.8. The third-order valence-corrected chi connectivity index (χ3v) is 4.40. The van der Waals surface area contributed by atoms with Crippen LogP contribution in [0.5, 0.6) is 0 Å². The molecular formula is C19H21N4O+. The summed E-state index contributed by atoms with van der Waals surface area (Å²) in [4.78, 5) is 17.2. The monoisotopic (exact) mass is 321 g/mol. The molecular weight excluding hydrogens is 300 g/mol. The Morgan fingerprint density at radius 2 is 2.04 bits per heavy atom. The molecule has 122 valence electrons. The SMILES string of the molecule is Cc1ccc2cc(/C=C(\C#N)C(N)=O)c(N3CCCCC3)[nH+]c2c1. The smallest absolute Gasteiger partial charge is 0.282 e. The molecule has 1 fully saturated rings. The molecule has 0 radical (unpaired) electrons. The van der Waals surface area contributed by atoms with Gasteiger partial charge in [-0.25, -0.2) is 4.98 Å². The van der Waals surface area contributed by atoms with E-state index < -0.39 is 5.91 Å². The average Bonchev–Trinajstić information content (AvgIpc) is 2.59. The highest BCUT2D eigenvalue weighted by Gasteiger charge is 2.23. The number of aryl methyl sites for hydroxylation is 1. The van der Waals surface area contributed by atoms with Crippen molar-refractivity contribution in [1.82, 2.24) is 0 Å². The molecule has 1 amide bonds. The highest BCUT2D eigenvalue weighted by Crippen LogP contribution is 2.25. The Kier molecular flexibility index (Phi) is 4.48. The van der Waals surface area contributed by atoms with Gasteiger partial charge < -0.3 is 5.73 Å². The van der Waals surface area contributed by atoms with Crippen LogP contribution < -0.4 is 15.6 Å². The lowest BCUT2D eigenvalue weighted by Gasteiger charge is -2.22. The number of hydrogen-bond acceptors (Lipinski definition) is 3. The summed E-state index contributed by atoms with van der Waals surface area (Å²) in [6.45, 7) is 3.99. The second-order valence-electron chi connectivity index (χ2n) is 6.25. The molecule has 0 saturated carbocycles. The molecule has 0 atom stereocenters. The number of rotatable bonds is 3. The highest BCUT2D eigenvalue weighted by molar-refractivity contribution is 6.01. The number of piperidine rings is 1. The number of aromatic nitrogens is 1. The third kappa shape index (κ3) is 3.23. The Hall–Kier alpha value is -2.87. The molecule has 5 nitrogen and oxygen atoms in total. The third-order valence-electron chi connectivity index (χ3n) is 4.40. The second-order valence-corrected chi connectivity index (χ2v) is 6.25. The van der Waals surface area contributed by atoms with Crippen molar-refractivity contribution in [2.75, 3.05) is 18.0 Å². The summed E-state index contributed by atoms with van der Waals surface area (Å²) in [5, 5.41) is 10.2. The average molecular weight is 321 g/mol. The van der Waals surface area contributed by atoms with Crippen LogP contribution in [0.3, 0.4) is 0 Å². The summed E-state index contributed by atoms with van der Waals surface area (Å²) < 4.78 is 0. The van der Waals surface area contributed by atoms with Gasteiger partial charge in [0, 0.05) is 5.39 Å². The maximum Gasteiger partial charge on any atom is 0.282 e. The highest BCUT2D eigenvalue weighted by atomic mass is 16.1. The van der Waals surface area contributed by atoms with E-state index in [0.29, 0.717) is 0 Å². The molecule has 2 heterocycles. The number of amides is 1. The number of H-pyrrole nitrogens is 1. The first-order valence-corrected chi connectivity index (χ1v) is 8.22. The van der Waals surface area contributed by atoms with Crippen molar-refractivity contribution in [3.63, 3.8) is 0 Å². The van der Waals surface area contributed by atoms with Crippen molar-refractivity contribution in [2.24, 2.45) is 5.73 Å². The number of pyridine rings is 1. The van der Waals surface area contributed by atoms with Gasteiger partial charge in [0.1, 0.15) is 17.2 Å². The first-order valence-electron chi connectivity index (χ1n) is 8.22. The van der Waals surface area contributed by atoms with Crippen molar-refractivity contribution in [1.29, 1.82) is 5.26 Å². The van der Waals surface area contributed by atoms with E-state index in [1.165, 1.54) is 12.0 Å². The summed E-state index contributed by atoms with van der Waals surface area (Å²) in [6, 6.07) is 10.1. The first-order chi connectivity index (χ1) is 11.6. The van der Waals surface area contributed by atoms with Crippen LogP contribution in [-0.2, 0) is 4.79 Å². The number of nitrogens with zero attached hydrogens (tertiary/aromatic N) is 2. The normalized spacial score (nSPS) is 15.3. The van der Waals surface area contributed by atoms with Crippen LogP contribution in [0, 0.1) is 18.3 Å². The van der Waals surface area contributed by atoms with Crippen LogP contribution in [0.2, 0.25) is 0 Å². The summed E-state index contributed by atoms with van der Waals surface area (Å²) in [5.41, 5.74) is 8.32. The minimum Gasteiger partial charge on any atom is -0.365 e. The molecule has 1 aliphatic heterocycles. The molecule has 1 saturated heterocycles. The van der Waals surface area contributed by atoms with E-state index in [4.69, 9.17) is 11.0 Å². The van der Waals surface area contributed by atoms with Crippen LogP contribution in [0.15, 0.2) is 29.8 Å². The molecule has 24 heavy (non-hydrogen) atoms. The Morgan fingerprint density at radius 3 is 2.71 bits per heavy atom. The van der Waals surface area contributed by atoms with E-state index in [2.05, 4.69) is 22.9 Å². The lowest BCUT2D eigenvalue weighted by Crippen LogP contribution is -2.35. The van der Waals surface area contributed by atoms with Gasteiger partial charge in [0.15, 0.2) is 0 Å². The minimum absolute atomic E-state index is 0.0341. The van der Waals surface area contributed by atoms with Gasteiger partial charge in [0.2, 0.25) is 0 Å². The molecule has 3 N–H and O–H groups in total. The molecule has 3 rings (SSSR count). The lowest BCUT2D eigenvalue weighted by atomic mass is 10.0. The van der Waals surface area contributed by atoms with Gasteiger partial charge in [0.25, 0.3) is 11.7 Å². The van der Waals surface area contributed by atoms with E-state index in [0.717, 1.165) is 48.2 Å². The fraction of sp³-hybridized carbons (Fsp3) is 0.316. The van der Waals surface area contributed by atoms with E-state index in [9.17, 15) is 4.79 Å². The number of nitrogens with one attached hydrogen (secondary N) is 1. The predicted octanol–water partition coefficient (Wildman–Crippen LogP) is 2.34. The quantitative estimate of drug-likeness (QED) is 0.695. The van der Waals surface area contributed by atoms with E-state index in [1.54, 1.807) is 6.08 Å². The fourth-order valence-corrected chi connectivity index (χ4v) is 3.14. The topological polar surface area (TPSA) is 84.3 Å². The molecule has 5 heteroatoms. The molecule has 1 aliphatic rings. The molecule has 0 aliphatic carbocycles. The Labute approximate surface area is 141 Å². The number of aromatic amines is 1. The lowest BCUT2D eigenvalue weighted by molar-refractivity contribution is -0.331. The number of nitriles is 1. The van der Waals surface area contributed by atoms with Gasteiger partial charge in [-0.05, 0) is 50.0 Å². The van der Waals surface area contributed by atoms with Crippen molar-refractivity contribution in [3.05, 3.63) is 41.0 Å². The van der Waals surface area contributed by atoms with Gasteiger partial charge in [0.05, 0.1) is 18.7 Å². The van der Waals surface area contributed by atoms with Gasteiger partial charge in [-0.1, -0.05) is 12.1 Å². The predicted molar refractivity (Wildman–Crippen MR) is 94.1 cm³/mol. The van der Waals surface area contributed by atoms with Crippen molar-refractivity contribution in [2.45, 2.75) is 26.2 Å². The number of primary amides is 1. The van der Waals surface area contributed by atoms with Crippen LogP contribution in [-0.4, -0.2) is 19.0 Å². The van der Waals surface area contributed by atoms with E-state index in [1.807, 2.05) is 24.3 Å². The summed E-state index contributed by atoms with van der Waals surface area (Å²) in [7, 11) is 0. The van der Waals surface area contributed by atoms with Gasteiger partial charge in [-0.15, -0.1) is 0 Å². The molecule has 0 unspecified atom stereocenters. The zero-order valence-electron chi connectivity index (χ0n) is 13.8. The summed E-state index contributed by atoms with van der Waals surface area (Å²) in [5.74, 6) is 0.243. The van der Waals surface area contributed by atoms with Gasteiger partial charge >= 0.3 is 0 Å². The first kappa shape index (κ1) is 16.0. The van der Waals surface area contributed by atoms with Crippen molar-refractivity contribution in [3.8, 4) is 6.07 Å². The molecule has 2 aromatic rings. The Balaban J connectivity index is 2.18. The number of carbonyl (C=O) groups is 1. The Bertz CT molecular complexity index is 858. The number of anilines is 1. The maximum absolute atomic E-state index is 11.4. The molecule has 0 spiro atoms. The van der Waals surface area contributed by atoms with Crippen LogP contribution in [0.25, 0.3) is 17.0 Å². The minimum atomic E-state index is -0.703. The van der Waals surface area contributed by atoms with Crippen LogP contribution in [0.1, 0.15) is 30.4 Å². The zero-order chi connectivity index (χ0) is 17.1. The largest absolute Gasteiger partial charge is 0.365 e. The van der Waals surface area contributed by atoms with Crippen molar-refractivity contribution < 1.29 is 9.78 Å². The van der Waals surface area contributed by atoms with Gasteiger partial charge in [-0.2, -0.15) is 5.26 Å². The number of fused-ring (bicyclic) bond motifs is 1. The van der Waals surface area contributed by atoms with Crippen molar-refractivity contribution >= 4 is 28.7 Å². The molecule has 0 bridgehead atoms. The number of benzene rings is 1. The fourth-order valence-electron chi connectivity index (χ4n) is 3.14. The summed E-state index contributed by atoms with van der Waals surface area (Å²) >= 11 is 0. The number of nitrogens with two attached hydrogens (primary N) is 1. The number of carbonyl (C=O) groups excluding carboxylic acids is 1. The van der Waals surface area contributed by atoms with E-state index >= 15 is 0 Å². The number of hydrogen-bond donors (Lipinski definition) is 1. The van der Waals surface area contributed by atoms with Gasteiger partial charge in [-0.3, -0.25) is 9.69 Å².